The van der Waals surface area contributed by atoms with Crippen LogP contribution in [0.2, 0.25) is 0 Å². The molecule has 1 rings (SSSR count). The van der Waals surface area contributed by atoms with Gasteiger partial charge in [0.1, 0.15) is 5.82 Å². The minimum atomic E-state index is -1.63. The monoisotopic (exact) mass is 374 g/mol. The van der Waals surface area contributed by atoms with Gasteiger partial charge in [0.15, 0.2) is 6.10 Å². The molecule has 0 aliphatic rings. The lowest BCUT2D eigenvalue weighted by molar-refractivity contribution is -0.147. The van der Waals surface area contributed by atoms with Crippen LogP contribution in [0.1, 0.15) is 11.7 Å². The summed E-state index contributed by atoms with van der Waals surface area (Å²) in [4.78, 5) is 10.5. The Morgan fingerprint density at radius 2 is 2.14 bits per heavy atom. The first-order valence-corrected chi connectivity index (χ1v) is 5.36. The summed E-state index contributed by atoms with van der Waals surface area (Å²) in [5.74, 6) is -1.85. The van der Waals surface area contributed by atoms with Gasteiger partial charge in [-0.15, -0.1) is 0 Å². The molecule has 0 saturated heterocycles. The molecular formula is C8H5BrFIO3. The summed E-state index contributed by atoms with van der Waals surface area (Å²) < 4.78 is 13.4. The fourth-order valence-corrected chi connectivity index (χ4v) is 1.97. The molecule has 1 aromatic rings. The van der Waals surface area contributed by atoms with Gasteiger partial charge in [0.05, 0.1) is 4.47 Å². The highest BCUT2D eigenvalue weighted by atomic mass is 127. The summed E-state index contributed by atoms with van der Waals surface area (Å²) in [6, 6.07) is 2.42. The Kier molecular flexibility index (Phi) is 3.85. The Balaban J connectivity index is 3.22. The third-order valence-electron chi connectivity index (χ3n) is 1.57. The molecule has 0 bridgehead atoms. The second kappa shape index (κ2) is 4.54. The Labute approximate surface area is 101 Å². The fraction of sp³-hybridized carbons (Fsp3) is 0.125. The van der Waals surface area contributed by atoms with Crippen LogP contribution in [0.15, 0.2) is 16.6 Å². The van der Waals surface area contributed by atoms with Crippen molar-refractivity contribution in [3.8, 4) is 0 Å². The average molecular weight is 375 g/mol. The van der Waals surface area contributed by atoms with Gasteiger partial charge in [0.25, 0.3) is 0 Å². The summed E-state index contributed by atoms with van der Waals surface area (Å²) in [7, 11) is 0. The molecule has 1 atom stereocenters. The first-order chi connectivity index (χ1) is 6.43. The number of aliphatic hydroxyl groups is 1. The maximum Gasteiger partial charge on any atom is 0.337 e. The van der Waals surface area contributed by atoms with Crippen LogP contribution in [0.4, 0.5) is 4.39 Å². The number of halogens is 3. The predicted molar refractivity (Wildman–Crippen MR) is 59.4 cm³/mol. The molecule has 3 nitrogen and oxygen atoms in total. The second-order valence-corrected chi connectivity index (χ2v) is 4.55. The molecule has 0 saturated carbocycles. The Morgan fingerprint density at radius 1 is 1.57 bits per heavy atom. The zero-order valence-electron chi connectivity index (χ0n) is 6.67. The molecule has 0 spiro atoms. The number of aliphatic carboxylic acids is 1. The number of hydrogen-bond donors (Lipinski definition) is 2. The largest absolute Gasteiger partial charge is 0.479 e. The topological polar surface area (TPSA) is 57.5 Å². The van der Waals surface area contributed by atoms with Crippen LogP contribution in [0.3, 0.4) is 0 Å². The van der Waals surface area contributed by atoms with E-state index in [9.17, 15) is 14.3 Å². The zero-order chi connectivity index (χ0) is 10.9. The highest BCUT2D eigenvalue weighted by Crippen LogP contribution is 2.26. The summed E-state index contributed by atoms with van der Waals surface area (Å²) in [5.41, 5.74) is 0.173. The van der Waals surface area contributed by atoms with E-state index in [1.807, 2.05) is 0 Å². The lowest BCUT2D eigenvalue weighted by Crippen LogP contribution is -2.12. The Morgan fingerprint density at radius 3 is 2.64 bits per heavy atom. The van der Waals surface area contributed by atoms with Crippen LogP contribution in [-0.2, 0) is 4.79 Å². The molecule has 1 unspecified atom stereocenters. The molecule has 0 amide bonds. The standard InChI is InChI=1S/C8H5BrFIO3/c9-4-1-3(7(12)8(13)14)6(11)2-5(4)10/h1-2,7,12H,(H,13,14). The molecular weight excluding hydrogens is 370 g/mol. The van der Waals surface area contributed by atoms with E-state index in [0.29, 0.717) is 3.57 Å². The molecule has 0 fully saturated rings. The van der Waals surface area contributed by atoms with Crippen molar-refractivity contribution >= 4 is 44.5 Å². The zero-order valence-corrected chi connectivity index (χ0v) is 10.4. The van der Waals surface area contributed by atoms with E-state index in [4.69, 9.17) is 5.11 Å². The number of carboxylic acid groups (broad SMARTS) is 1. The summed E-state index contributed by atoms with van der Waals surface area (Å²) >= 11 is 4.68. The minimum Gasteiger partial charge on any atom is -0.479 e. The number of carbonyl (C=O) groups is 1. The first-order valence-electron chi connectivity index (χ1n) is 3.48. The van der Waals surface area contributed by atoms with Crippen molar-refractivity contribution in [3.05, 3.63) is 31.6 Å². The van der Waals surface area contributed by atoms with Gasteiger partial charge in [-0.05, 0) is 50.7 Å². The van der Waals surface area contributed by atoms with E-state index in [0.717, 1.165) is 6.07 Å². The van der Waals surface area contributed by atoms with Crippen LogP contribution < -0.4 is 0 Å². The van der Waals surface area contributed by atoms with Crippen LogP contribution in [-0.4, -0.2) is 16.2 Å². The molecule has 2 N–H and O–H groups in total. The SMILES string of the molecule is O=C(O)C(O)c1cc(Br)c(F)cc1I. The summed E-state index contributed by atoms with van der Waals surface area (Å²) in [6.07, 6.45) is -1.63. The van der Waals surface area contributed by atoms with Crippen molar-refractivity contribution in [2.75, 3.05) is 0 Å². The van der Waals surface area contributed by atoms with E-state index in [-0.39, 0.29) is 10.0 Å². The van der Waals surface area contributed by atoms with Crippen molar-refractivity contribution in [1.82, 2.24) is 0 Å². The Bertz CT molecular complexity index is 383. The average Bonchev–Trinajstić information content (AvgIpc) is 2.10. The molecule has 1 aromatic carbocycles. The second-order valence-electron chi connectivity index (χ2n) is 2.53. The van der Waals surface area contributed by atoms with Crippen LogP contribution >= 0.6 is 38.5 Å². The van der Waals surface area contributed by atoms with E-state index in [1.165, 1.54) is 6.07 Å². The Hall–Kier alpha value is -0.210. The highest BCUT2D eigenvalue weighted by Gasteiger charge is 2.20. The highest BCUT2D eigenvalue weighted by molar-refractivity contribution is 14.1. The maximum absolute atomic E-state index is 12.9. The van der Waals surface area contributed by atoms with E-state index in [1.54, 1.807) is 22.6 Å². The van der Waals surface area contributed by atoms with Gasteiger partial charge in [-0.3, -0.25) is 0 Å². The van der Waals surface area contributed by atoms with Gasteiger partial charge in [0.2, 0.25) is 0 Å². The number of benzene rings is 1. The van der Waals surface area contributed by atoms with Crippen molar-refractivity contribution in [2.24, 2.45) is 0 Å². The number of hydrogen-bond acceptors (Lipinski definition) is 2. The molecule has 76 valence electrons. The number of aliphatic hydroxyl groups excluding tert-OH is 1. The van der Waals surface area contributed by atoms with E-state index < -0.39 is 17.9 Å². The van der Waals surface area contributed by atoms with Crippen molar-refractivity contribution < 1.29 is 19.4 Å². The van der Waals surface area contributed by atoms with E-state index >= 15 is 0 Å². The molecule has 0 heterocycles. The number of rotatable bonds is 2. The van der Waals surface area contributed by atoms with Crippen molar-refractivity contribution in [3.63, 3.8) is 0 Å². The van der Waals surface area contributed by atoms with Gasteiger partial charge < -0.3 is 10.2 Å². The maximum atomic E-state index is 12.9. The van der Waals surface area contributed by atoms with Crippen molar-refractivity contribution in [1.29, 1.82) is 0 Å². The molecule has 0 aliphatic heterocycles. The predicted octanol–water partition coefficient (Wildman–Crippen LogP) is 2.31. The fourth-order valence-electron chi connectivity index (χ4n) is 0.881. The third kappa shape index (κ3) is 2.43. The first kappa shape index (κ1) is 11.9. The lowest BCUT2D eigenvalue weighted by Gasteiger charge is -2.09. The summed E-state index contributed by atoms with van der Waals surface area (Å²) in [6.45, 7) is 0. The summed E-state index contributed by atoms with van der Waals surface area (Å²) in [5, 5.41) is 17.8. The third-order valence-corrected chi connectivity index (χ3v) is 3.11. The molecule has 0 radical (unpaired) electrons. The smallest absolute Gasteiger partial charge is 0.337 e. The lowest BCUT2D eigenvalue weighted by atomic mass is 10.1. The van der Waals surface area contributed by atoms with Gasteiger partial charge >= 0.3 is 5.97 Å². The van der Waals surface area contributed by atoms with Crippen molar-refractivity contribution in [2.45, 2.75) is 6.10 Å². The minimum absolute atomic E-state index is 0.133. The van der Waals surface area contributed by atoms with E-state index in [2.05, 4.69) is 15.9 Å². The van der Waals surface area contributed by atoms with Crippen LogP contribution in [0, 0.1) is 9.39 Å². The molecule has 0 aliphatic carbocycles. The van der Waals surface area contributed by atoms with Gasteiger partial charge in [-0.25, -0.2) is 9.18 Å². The number of carboxylic acids is 1. The quantitative estimate of drug-likeness (QED) is 0.617. The molecule has 14 heavy (non-hydrogen) atoms. The molecule has 6 heteroatoms. The molecule has 0 aromatic heterocycles. The normalized spacial score (nSPS) is 12.6. The van der Waals surface area contributed by atoms with Gasteiger partial charge in [-0.2, -0.15) is 0 Å². The van der Waals surface area contributed by atoms with Crippen LogP contribution in [0.5, 0.6) is 0 Å². The van der Waals surface area contributed by atoms with Gasteiger partial charge in [0, 0.05) is 9.13 Å². The van der Waals surface area contributed by atoms with Crippen LogP contribution in [0.25, 0.3) is 0 Å². The van der Waals surface area contributed by atoms with Gasteiger partial charge in [-0.1, -0.05) is 0 Å².